The Kier molecular flexibility index (Phi) is 2.74. The molecule has 0 atom stereocenters. The van der Waals surface area contributed by atoms with E-state index in [-0.39, 0.29) is 19.5 Å². The molecule has 0 heterocycles. The zero-order valence-corrected chi connectivity index (χ0v) is 7.65. The largest absolute Gasteiger partial charge is 1.00 e. The maximum Gasteiger partial charge on any atom is 1.00 e. The second kappa shape index (κ2) is 3.39. The van der Waals surface area contributed by atoms with E-state index in [0.29, 0.717) is 0 Å². The number of hydrogen-bond acceptors (Lipinski definition) is 0. The van der Waals surface area contributed by atoms with Crippen molar-refractivity contribution in [3.8, 4) is 0 Å². The average molecular weight is 220 g/mol. The molecule has 0 aliphatic heterocycles. The van der Waals surface area contributed by atoms with Gasteiger partial charge in [0.05, 0.1) is 0 Å². The summed E-state index contributed by atoms with van der Waals surface area (Å²) in [6.07, 6.45) is 5.44. The fourth-order valence-corrected chi connectivity index (χ4v) is 1.61. The van der Waals surface area contributed by atoms with Gasteiger partial charge in [0.25, 0.3) is 0 Å². The summed E-state index contributed by atoms with van der Waals surface area (Å²) in [5.41, 5.74) is 3.20. The zero-order chi connectivity index (χ0) is 6.10. The molecule has 1 heteroatoms. The van der Waals surface area contributed by atoms with Gasteiger partial charge in [0.15, 0.2) is 0 Å². The van der Waals surface area contributed by atoms with E-state index in [9.17, 15) is 0 Å². The molecular weight excluding hydrogens is 209 g/mol. The summed E-state index contributed by atoms with van der Waals surface area (Å²) in [7, 11) is 0. The van der Waals surface area contributed by atoms with E-state index in [1.54, 1.807) is 11.1 Å². The van der Waals surface area contributed by atoms with Crippen LogP contribution in [0.3, 0.4) is 0 Å². The fraction of sp³-hybridized carbons (Fsp3) is 0.444. The molecule has 1 aromatic rings. The molecule has 0 unspecified atom stereocenters. The molecule has 0 saturated carbocycles. The summed E-state index contributed by atoms with van der Waals surface area (Å²) in [5, 5.41) is 0. The number of rotatable bonds is 0. The van der Waals surface area contributed by atoms with Crippen molar-refractivity contribution >= 4 is 0 Å². The van der Waals surface area contributed by atoms with E-state index in [1.165, 1.54) is 25.7 Å². The fourth-order valence-electron chi connectivity index (χ4n) is 1.61. The average Bonchev–Trinajstić information content (AvgIpc) is 2.33. The maximum atomic E-state index is 2.26. The zero-order valence-electron chi connectivity index (χ0n) is 5.91. The van der Waals surface area contributed by atoms with Crippen LogP contribution < -0.4 is 0 Å². The van der Waals surface area contributed by atoms with Crippen LogP contribution in [0.5, 0.6) is 0 Å². The van der Waals surface area contributed by atoms with Crippen molar-refractivity contribution in [1.82, 2.24) is 0 Å². The van der Waals surface area contributed by atoms with Gasteiger partial charge in [0.2, 0.25) is 0 Å². The van der Waals surface area contributed by atoms with Gasteiger partial charge in [0, 0.05) is 0 Å². The molecule has 10 heavy (non-hydrogen) atoms. The summed E-state index contributed by atoms with van der Waals surface area (Å²) in [6.45, 7) is 0. The minimum atomic E-state index is 0. The molecule has 0 N–H and O–H groups in total. The van der Waals surface area contributed by atoms with E-state index >= 15 is 0 Å². The maximum absolute atomic E-state index is 2.26. The van der Waals surface area contributed by atoms with Gasteiger partial charge in [-0.15, -0.1) is 0 Å². The van der Waals surface area contributed by atoms with Crippen LogP contribution in [0.2, 0.25) is 0 Å². The van der Waals surface area contributed by atoms with Crippen molar-refractivity contribution in [2.75, 3.05) is 0 Å². The Hall–Kier alpha value is -0.0266. The number of aryl methyl sites for hydroxylation is 2. The Morgan fingerprint density at radius 3 is 2.80 bits per heavy atom. The molecule has 1 aromatic carbocycles. The number of hydrogen-bond donors (Lipinski definition) is 0. The second-order valence-electron chi connectivity index (χ2n) is 2.78. The van der Waals surface area contributed by atoms with Crippen molar-refractivity contribution in [2.24, 2.45) is 0 Å². The predicted molar refractivity (Wildman–Crippen MR) is 38.7 cm³/mol. The van der Waals surface area contributed by atoms with Crippen LogP contribution >= 0.6 is 0 Å². The van der Waals surface area contributed by atoms with Crippen LogP contribution in [0.25, 0.3) is 0 Å². The van der Waals surface area contributed by atoms with Crippen LogP contribution in [0.1, 0.15) is 24.0 Å². The normalized spacial score (nSPS) is 15.6. The monoisotopic (exact) mass is 221 g/mol. The van der Waals surface area contributed by atoms with Crippen molar-refractivity contribution < 1.29 is 19.5 Å². The van der Waals surface area contributed by atoms with E-state index in [2.05, 4.69) is 18.2 Å². The molecule has 55 valence electrons. The van der Waals surface area contributed by atoms with Crippen LogP contribution in [0.4, 0.5) is 0 Å². The summed E-state index contributed by atoms with van der Waals surface area (Å²) in [5.74, 6) is 0. The Bertz CT molecular complexity index is 180. The third-order valence-corrected chi connectivity index (χ3v) is 2.15. The van der Waals surface area contributed by atoms with Crippen LogP contribution in [-0.2, 0) is 32.3 Å². The van der Waals surface area contributed by atoms with Crippen LogP contribution in [0.15, 0.2) is 18.2 Å². The first-order chi connectivity index (χ1) is 4.47. The van der Waals surface area contributed by atoms with E-state index in [0.717, 1.165) is 0 Å². The van der Waals surface area contributed by atoms with Crippen LogP contribution in [0, 0.1) is 0 Å². The van der Waals surface area contributed by atoms with Gasteiger partial charge in [-0.3, -0.25) is 0 Å². The minimum absolute atomic E-state index is 0. The van der Waals surface area contributed by atoms with E-state index < -0.39 is 0 Å². The summed E-state index contributed by atoms with van der Waals surface area (Å²) in [6, 6.07) is 6.69. The molecule has 0 aromatic heterocycles. The molecule has 0 bridgehead atoms. The molecular formula is C9H11Ru. The van der Waals surface area contributed by atoms with Crippen molar-refractivity contribution in [3.05, 3.63) is 29.3 Å². The molecule has 2 rings (SSSR count). The molecule has 1 aliphatic carbocycles. The minimum Gasteiger partial charge on any atom is -0.210 e. The van der Waals surface area contributed by atoms with Gasteiger partial charge >= 0.3 is 19.5 Å². The van der Waals surface area contributed by atoms with Gasteiger partial charge in [-0.25, -0.2) is 6.07 Å². The quantitative estimate of drug-likeness (QED) is 0.465. The Labute approximate surface area is 74.8 Å². The first-order valence-electron chi connectivity index (χ1n) is 3.70. The molecule has 0 nitrogen and oxygen atoms in total. The molecule has 0 fully saturated rings. The van der Waals surface area contributed by atoms with Crippen LogP contribution in [-0.4, -0.2) is 0 Å². The first-order valence-corrected chi connectivity index (χ1v) is 3.70. The Morgan fingerprint density at radius 2 is 2.00 bits per heavy atom. The standard InChI is InChI=1S/C9H11.Ru/c1-2-5-9-7-3-6-8(9)4-1;/h3,6-7H,1-2,4-5H2;/q-1;+1. The number of fused-ring (bicyclic) bond motifs is 1. The van der Waals surface area contributed by atoms with Crippen molar-refractivity contribution in [1.29, 1.82) is 0 Å². The van der Waals surface area contributed by atoms with Gasteiger partial charge in [0.1, 0.15) is 0 Å². The Morgan fingerprint density at radius 1 is 1.20 bits per heavy atom. The van der Waals surface area contributed by atoms with Gasteiger partial charge < -0.3 is 0 Å². The molecule has 1 radical (unpaired) electrons. The molecule has 0 spiro atoms. The Balaban J connectivity index is 0.000000500. The summed E-state index contributed by atoms with van der Waals surface area (Å²) in [4.78, 5) is 0. The third kappa shape index (κ3) is 1.35. The smallest absolute Gasteiger partial charge is 0.210 e. The molecule has 0 amide bonds. The topological polar surface area (TPSA) is 0 Å². The van der Waals surface area contributed by atoms with Crippen molar-refractivity contribution in [2.45, 2.75) is 25.7 Å². The van der Waals surface area contributed by atoms with E-state index in [4.69, 9.17) is 0 Å². The van der Waals surface area contributed by atoms with Gasteiger partial charge in [-0.2, -0.15) is 23.3 Å². The third-order valence-electron chi connectivity index (χ3n) is 2.15. The summed E-state index contributed by atoms with van der Waals surface area (Å²) < 4.78 is 0. The first kappa shape index (κ1) is 8.07. The summed E-state index contributed by atoms with van der Waals surface area (Å²) >= 11 is 0. The molecule has 1 aliphatic rings. The predicted octanol–water partition coefficient (Wildman–Crippen LogP) is 2.28. The second-order valence-corrected chi connectivity index (χ2v) is 2.78. The van der Waals surface area contributed by atoms with Gasteiger partial charge in [-0.05, 0) is 0 Å². The van der Waals surface area contributed by atoms with Crippen molar-refractivity contribution in [3.63, 3.8) is 0 Å². The van der Waals surface area contributed by atoms with E-state index in [1.807, 2.05) is 0 Å². The molecule has 0 saturated heterocycles. The van der Waals surface area contributed by atoms with Gasteiger partial charge in [-0.1, -0.05) is 25.7 Å². The SMILES string of the molecule is [Ru+].c1cc2c([cH-]1)CCCC2.